The third-order valence-corrected chi connectivity index (χ3v) is 5.37. The molecule has 0 fully saturated rings. The second kappa shape index (κ2) is 9.39. The van der Waals surface area contributed by atoms with Crippen LogP contribution >= 0.6 is 11.6 Å². The van der Waals surface area contributed by atoms with E-state index in [9.17, 15) is 9.59 Å². The van der Waals surface area contributed by atoms with E-state index in [1.54, 1.807) is 46.9 Å². The van der Waals surface area contributed by atoms with Crippen LogP contribution in [0.1, 0.15) is 39.2 Å². The number of carbonyl (C=O) groups is 2. The van der Waals surface area contributed by atoms with Crippen molar-refractivity contribution in [1.82, 2.24) is 10.3 Å². The molecule has 1 aromatic heterocycles. The number of hydrogen-bond donors (Lipinski definition) is 1. The third kappa shape index (κ3) is 4.37. The maximum Gasteiger partial charge on any atom is 0.336 e. The zero-order valence-corrected chi connectivity index (χ0v) is 18.9. The standard InChI is InChI=1S/C23H25ClN2O5/c1-6-30-22(27)18-12(3)25-13(4)19(23(28)31-7-2)20(18)16-11-14-10-15(29-5)8-9-17(14)26-21(16)24/h8-11,20,25H,6-7H2,1-5H3. The maximum atomic E-state index is 12.9. The molecule has 0 radical (unpaired) electrons. The SMILES string of the molecule is CCOC(=O)C1=C(C)NC(C)=C(C(=O)OCC)C1c1cc2cc(OC)ccc2nc1Cl. The predicted octanol–water partition coefficient (Wildman–Crippen LogP) is 4.26. The highest BCUT2D eigenvalue weighted by molar-refractivity contribution is 6.31. The van der Waals surface area contributed by atoms with E-state index in [1.807, 2.05) is 12.1 Å². The van der Waals surface area contributed by atoms with Crippen molar-refractivity contribution in [3.8, 4) is 5.75 Å². The van der Waals surface area contributed by atoms with Crippen LogP contribution < -0.4 is 10.1 Å². The third-order valence-electron chi connectivity index (χ3n) is 5.06. The quantitative estimate of drug-likeness (QED) is 0.526. The zero-order chi connectivity index (χ0) is 22.7. The maximum absolute atomic E-state index is 12.9. The van der Waals surface area contributed by atoms with Crippen LogP contribution in [0, 0.1) is 0 Å². The summed E-state index contributed by atoms with van der Waals surface area (Å²) < 4.78 is 15.9. The first-order chi connectivity index (χ1) is 14.8. The molecule has 0 aliphatic carbocycles. The zero-order valence-electron chi connectivity index (χ0n) is 18.2. The van der Waals surface area contributed by atoms with Crippen LogP contribution in [0.3, 0.4) is 0 Å². The molecular formula is C23H25ClN2O5. The highest BCUT2D eigenvalue weighted by Gasteiger charge is 2.39. The van der Waals surface area contributed by atoms with Crippen molar-refractivity contribution in [3.05, 3.63) is 57.5 Å². The number of methoxy groups -OCH3 is 1. The molecule has 0 bridgehead atoms. The van der Waals surface area contributed by atoms with Crippen molar-refractivity contribution < 1.29 is 23.8 Å². The number of aromatic nitrogens is 1. The summed E-state index contributed by atoms with van der Waals surface area (Å²) in [6, 6.07) is 7.23. The molecule has 0 unspecified atom stereocenters. The molecule has 0 saturated heterocycles. The number of dihydropyridines is 1. The number of nitrogens with one attached hydrogen (secondary N) is 1. The van der Waals surface area contributed by atoms with Crippen LogP contribution in [0.15, 0.2) is 46.8 Å². The van der Waals surface area contributed by atoms with Crippen molar-refractivity contribution >= 4 is 34.4 Å². The van der Waals surface area contributed by atoms with Gasteiger partial charge in [-0.1, -0.05) is 11.6 Å². The number of carbonyl (C=O) groups excluding carboxylic acids is 2. The van der Waals surface area contributed by atoms with E-state index in [0.717, 1.165) is 5.39 Å². The summed E-state index contributed by atoms with van der Waals surface area (Å²) in [5, 5.41) is 4.06. The summed E-state index contributed by atoms with van der Waals surface area (Å²) in [6.07, 6.45) is 0. The lowest BCUT2D eigenvalue weighted by Crippen LogP contribution is -2.32. The summed E-state index contributed by atoms with van der Waals surface area (Å²) in [4.78, 5) is 30.3. The van der Waals surface area contributed by atoms with Crippen molar-refractivity contribution in [2.24, 2.45) is 0 Å². The van der Waals surface area contributed by atoms with Crippen LogP contribution in [0.25, 0.3) is 10.9 Å². The largest absolute Gasteiger partial charge is 0.497 e. The van der Waals surface area contributed by atoms with Crippen molar-refractivity contribution in [3.63, 3.8) is 0 Å². The van der Waals surface area contributed by atoms with Gasteiger partial charge in [0, 0.05) is 22.3 Å². The molecule has 1 aromatic carbocycles. The molecule has 164 valence electrons. The summed E-state index contributed by atoms with van der Waals surface area (Å²) in [6.45, 7) is 7.36. The second-order valence-electron chi connectivity index (χ2n) is 7.00. The fourth-order valence-electron chi connectivity index (χ4n) is 3.74. The molecule has 0 amide bonds. The smallest absolute Gasteiger partial charge is 0.336 e. The Morgan fingerprint density at radius 1 is 1.03 bits per heavy atom. The number of allylic oxidation sites excluding steroid dienone is 2. The molecule has 1 aliphatic heterocycles. The fraction of sp³-hybridized carbons (Fsp3) is 0.348. The van der Waals surface area contributed by atoms with Crippen LogP contribution in [0.4, 0.5) is 0 Å². The number of halogens is 1. The molecular weight excluding hydrogens is 420 g/mol. The first-order valence-corrected chi connectivity index (χ1v) is 10.4. The molecule has 0 atom stereocenters. The monoisotopic (exact) mass is 444 g/mol. The number of hydrogen-bond acceptors (Lipinski definition) is 7. The number of benzene rings is 1. The van der Waals surface area contributed by atoms with E-state index in [1.165, 1.54) is 0 Å². The van der Waals surface area contributed by atoms with E-state index < -0.39 is 17.9 Å². The number of fused-ring (bicyclic) bond motifs is 1. The number of ether oxygens (including phenoxy) is 3. The Bertz CT molecular complexity index is 1070. The van der Waals surface area contributed by atoms with Crippen LogP contribution in [-0.4, -0.2) is 37.2 Å². The first-order valence-electron chi connectivity index (χ1n) is 9.99. The molecule has 1 N–H and O–H groups in total. The van der Waals surface area contributed by atoms with E-state index in [4.69, 9.17) is 25.8 Å². The minimum atomic E-state index is -0.796. The Balaban J connectivity index is 2.28. The number of esters is 2. The molecule has 0 saturated carbocycles. The Morgan fingerprint density at radius 2 is 1.61 bits per heavy atom. The fourth-order valence-corrected chi connectivity index (χ4v) is 4.00. The van der Waals surface area contributed by atoms with Crippen LogP contribution in [0.5, 0.6) is 5.75 Å². The van der Waals surface area contributed by atoms with Gasteiger partial charge in [0.05, 0.1) is 42.9 Å². The lowest BCUT2D eigenvalue weighted by molar-refractivity contribution is -0.139. The highest BCUT2D eigenvalue weighted by atomic mass is 35.5. The molecule has 0 spiro atoms. The molecule has 2 aromatic rings. The highest BCUT2D eigenvalue weighted by Crippen LogP contribution is 2.42. The van der Waals surface area contributed by atoms with Gasteiger partial charge < -0.3 is 19.5 Å². The van der Waals surface area contributed by atoms with Crippen LogP contribution in [-0.2, 0) is 19.1 Å². The van der Waals surface area contributed by atoms with E-state index in [0.29, 0.717) is 39.4 Å². The predicted molar refractivity (Wildman–Crippen MR) is 118 cm³/mol. The Kier molecular flexibility index (Phi) is 6.85. The van der Waals surface area contributed by atoms with E-state index >= 15 is 0 Å². The molecule has 3 rings (SSSR count). The molecule has 2 heterocycles. The first kappa shape index (κ1) is 22.6. The molecule has 1 aliphatic rings. The summed E-state index contributed by atoms with van der Waals surface area (Å²) >= 11 is 6.59. The average Bonchev–Trinajstić information content (AvgIpc) is 2.72. The molecule has 8 heteroatoms. The summed E-state index contributed by atoms with van der Waals surface area (Å²) in [5.74, 6) is -1.21. The number of pyridine rings is 1. The van der Waals surface area contributed by atoms with Gasteiger partial charge in [-0.25, -0.2) is 14.6 Å². The molecule has 7 nitrogen and oxygen atoms in total. The minimum absolute atomic E-state index is 0.189. The normalized spacial score (nSPS) is 14.5. The second-order valence-corrected chi connectivity index (χ2v) is 7.36. The lowest BCUT2D eigenvalue weighted by Gasteiger charge is -2.30. The van der Waals surface area contributed by atoms with Gasteiger partial charge in [0.25, 0.3) is 0 Å². The van der Waals surface area contributed by atoms with Crippen LogP contribution in [0.2, 0.25) is 5.15 Å². The van der Waals surface area contributed by atoms with Gasteiger partial charge in [0.15, 0.2) is 0 Å². The Morgan fingerprint density at radius 3 is 2.13 bits per heavy atom. The van der Waals surface area contributed by atoms with Gasteiger partial charge in [-0.05, 0) is 52.0 Å². The van der Waals surface area contributed by atoms with Gasteiger partial charge in [-0.3, -0.25) is 0 Å². The van der Waals surface area contributed by atoms with Crippen molar-refractivity contribution in [2.45, 2.75) is 33.6 Å². The van der Waals surface area contributed by atoms with Crippen molar-refractivity contribution in [1.29, 1.82) is 0 Å². The van der Waals surface area contributed by atoms with E-state index in [-0.39, 0.29) is 18.4 Å². The topological polar surface area (TPSA) is 86.8 Å². The minimum Gasteiger partial charge on any atom is -0.497 e. The lowest BCUT2D eigenvalue weighted by atomic mass is 9.80. The van der Waals surface area contributed by atoms with Gasteiger partial charge >= 0.3 is 11.9 Å². The van der Waals surface area contributed by atoms with Gasteiger partial charge in [-0.15, -0.1) is 0 Å². The van der Waals surface area contributed by atoms with E-state index in [2.05, 4.69) is 10.3 Å². The summed E-state index contributed by atoms with van der Waals surface area (Å²) in [7, 11) is 1.58. The van der Waals surface area contributed by atoms with Gasteiger partial charge in [0.2, 0.25) is 0 Å². The Labute approximate surface area is 186 Å². The van der Waals surface area contributed by atoms with Crippen molar-refractivity contribution in [2.75, 3.05) is 20.3 Å². The van der Waals surface area contributed by atoms with Gasteiger partial charge in [-0.2, -0.15) is 0 Å². The summed E-state index contributed by atoms with van der Waals surface area (Å²) in [5.41, 5.74) is 2.92. The Hall–Kier alpha value is -3.06. The van der Waals surface area contributed by atoms with Gasteiger partial charge in [0.1, 0.15) is 10.9 Å². The average molecular weight is 445 g/mol. The number of nitrogens with zero attached hydrogens (tertiary/aromatic N) is 1. The molecule has 31 heavy (non-hydrogen) atoms. The number of rotatable bonds is 6.